The molecule has 2 aromatic carbocycles. The Kier molecular flexibility index (Phi) is 3.38. The van der Waals surface area contributed by atoms with Gasteiger partial charge >= 0.3 is 0 Å². The zero-order chi connectivity index (χ0) is 13.2. The Morgan fingerprint density at radius 3 is 2.74 bits per heavy atom. The summed E-state index contributed by atoms with van der Waals surface area (Å²) in [5.74, 6) is -0.375. The van der Waals surface area contributed by atoms with Crippen molar-refractivity contribution >= 4 is 18.0 Å². The number of aryl methyl sites for hydroxylation is 2. The molecule has 0 heterocycles. The normalized spacial score (nSPS) is 13.3. The summed E-state index contributed by atoms with van der Waals surface area (Å²) >= 11 is 1.52. The molecule has 0 atom stereocenters. The molecule has 0 fully saturated rings. The summed E-state index contributed by atoms with van der Waals surface area (Å²) in [6.45, 7) is 0. The maximum absolute atomic E-state index is 13.1. The summed E-state index contributed by atoms with van der Waals surface area (Å²) in [6.07, 6.45) is 4.22. The van der Waals surface area contributed by atoms with Gasteiger partial charge in [-0.2, -0.15) is 0 Å². The Balaban J connectivity index is 1.91. The van der Waals surface area contributed by atoms with E-state index in [9.17, 15) is 9.18 Å². The number of fused-ring (bicyclic) bond motifs is 1. The smallest absolute Gasteiger partial charge is 0.151 e. The van der Waals surface area contributed by atoms with E-state index in [1.165, 1.54) is 41.4 Å². The molecular formula is C16H13FOS. The third-order valence-electron chi connectivity index (χ3n) is 3.40. The molecule has 0 spiro atoms. The molecule has 3 heteroatoms. The van der Waals surface area contributed by atoms with E-state index >= 15 is 0 Å². The van der Waals surface area contributed by atoms with Crippen LogP contribution >= 0.6 is 11.8 Å². The molecule has 19 heavy (non-hydrogen) atoms. The van der Waals surface area contributed by atoms with E-state index in [1.807, 2.05) is 0 Å². The maximum atomic E-state index is 13.1. The van der Waals surface area contributed by atoms with Crippen LogP contribution in [0.3, 0.4) is 0 Å². The maximum Gasteiger partial charge on any atom is 0.151 e. The second-order valence-electron chi connectivity index (χ2n) is 4.69. The number of hydrogen-bond acceptors (Lipinski definition) is 2. The Labute approximate surface area is 115 Å². The minimum Gasteiger partial charge on any atom is -0.298 e. The predicted molar refractivity (Wildman–Crippen MR) is 74.4 cm³/mol. The minimum absolute atomic E-state index is 0.375. The van der Waals surface area contributed by atoms with Crippen LogP contribution in [-0.4, -0.2) is 6.29 Å². The van der Waals surface area contributed by atoms with Crippen molar-refractivity contribution in [2.45, 2.75) is 29.1 Å². The Morgan fingerprint density at radius 1 is 1.05 bits per heavy atom. The third kappa shape index (κ3) is 2.56. The number of carbonyl (C=O) groups is 1. The Bertz CT molecular complexity index is 637. The van der Waals surface area contributed by atoms with E-state index in [-0.39, 0.29) is 5.82 Å². The number of carbonyl (C=O) groups excluding carboxylic acids is 1. The number of rotatable bonds is 3. The van der Waals surface area contributed by atoms with Crippen molar-refractivity contribution in [1.29, 1.82) is 0 Å². The molecule has 0 aliphatic heterocycles. The van der Waals surface area contributed by atoms with Crippen LogP contribution in [0.5, 0.6) is 0 Å². The molecule has 0 amide bonds. The number of halogens is 1. The molecule has 1 aliphatic rings. The summed E-state index contributed by atoms with van der Waals surface area (Å²) < 4.78 is 13.1. The molecule has 96 valence electrons. The monoisotopic (exact) mass is 272 g/mol. The van der Waals surface area contributed by atoms with E-state index in [1.54, 1.807) is 6.07 Å². The predicted octanol–water partition coefficient (Wildman–Crippen LogP) is 4.28. The zero-order valence-corrected chi connectivity index (χ0v) is 11.2. The fourth-order valence-electron chi connectivity index (χ4n) is 2.44. The molecule has 0 N–H and O–H groups in total. The molecular weight excluding hydrogens is 259 g/mol. The fourth-order valence-corrected chi connectivity index (χ4v) is 3.40. The van der Waals surface area contributed by atoms with Crippen LogP contribution in [-0.2, 0) is 12.8 Å². The SMILES string of the molecule is O=Cc1cc(F)ccc1Sc1ccc2c(c1)CCC2. The number of aldehydes is 1. The molecule has 3 rings (SSSR count). The molecule has 2 aromatic rings. The molecule has 0 unspecified atom stereocenters. The number of benzene rings is 2. The fraction of sp³-hybridized carbons (Fsp3) is 0.188. The summed E-state index contributed by atoms with van der Waals surface area (Å²) in [6, 6.07) is 10.8. The topological polar surface area (TPSA) is 17.1 Å². The van der Waals surface area contributed by atoms with Gasteiger partial charge in [-0.15, -0.1) is 0 Å². The van der Waals surface area contributed by atoms with Gasteiger partial charge < -0.3 is 0 Å². The first-order valence-corrected chi connectivity index (χ1v) is 7.12. The van der Waals surface area contributed by atoms with Crippen LogP contribution in [0.1, 0.15) is 27.9 Å². The first-order valence-electron chi connectivity index (χ1n) is 6.30. The van der Waals surface area contributed by atoms with Crippen LogP contribution in [0, 0.1) is 5.82 Å². The van der Waals surface area contributed by atoms with E-state index in [0.29, 0.717) is 11.8 Å². The van der Waals surface area contributed by atoms with Crippen LogP contribution in [0.2, 0.25) is 0 Å². The van der Waals surface area contributed by atoms with Crippen LogP contribution < -0.4 is 0 Å². The summed E-state index contributed by atoms with van der Waals surface area (Å²) in [5.41, 5.74) is 3.24. The highest BCUT2D eigenvalue weighted by Gasteiger charge is 2.12. The first kappa shape index (κ1) is 12.4. The van der Waals surface area contributed by atoms with E-state index in [4.69, 9.17) is 0 Å². The van der Waals surface area contributed by atoms with Crippen molar-refractivity contribution in [3.8, 4) is 0 Å². The average molecular weight is 272 g/mol. The van der Waals surface area contributed by atoms with Gasteiger partial charge in [0.1, 0.15) is 5.82 Å². The molecule has 0 saturated carbocycles. The van der Waals surface area contributed by atoms with Gasteiger partial charge in [0.05, 0.1) is 0 Å². The van der Waals surface area contributed by atoms with E-state index < -0.39 is 0 Å². The molecule has 0 saturated heterocycles. The largest absolute Gasteiger partial charge is 0.298 e. The quantitative estimate of drug-likeness (QED) is 0.776. The molecule has 1 nitrogen and oxygen atoms in total. The zero-order valence-electron chi connectivity index (χ0n) is 10.4. The lowest BCUT2D eigenvalue weighted by molar-refractivity contribution is 0.112. The molecule has 0 bridgehead atoms. The van der Waals surface area contributed by atoms with Gasteiger partial charge in [0, 0.05) is 15.4 Å². The lowest BCUT2D eigenvalue weighted by atomic mass is 10.1. The van der Waals surface area contributed by atoms with Gasteiger partial charge in [-0.25, -0.2) is 4.39 Å². The summed E-state index contributed by atoms with van der Waals surface area (Å²) in [7, 11) is 0. The van der Waals surface area contributed by atoms with Crippen LogP contribution in [0.4, 0.5) is 4.39 Å². The van der Waals surface area contributed by atoms with Gasteiger partial charge in [0.25, 0.3) is 0 Å². The van der Waals surface area contributed by atoms with Gasteiger partial charge in [-0.3, -0.25) is 4.79 Å². The second-order valence-corrected chi connectivity index (χ2v) is 5.80. The van der Waals surface area contributed by atoms with Crippen molar-refractivity contribution < 1.29 is 9.18 Å². The van der Waals surface area contributed by atoms with Gasteiger partial charge in [0.15, 0.2) is 6.29 Å². The molecule has 1 aliphatic carbocycles. The highest BCUT2D eigenvalue weighted by Crippen LogP contribution is 2.33. The number of hydrogen-bond donors (Lipinski definition) is 0. The molecule has 0 radical (unpaired) electrons. The van der Waals surface area contributed by atoms with Crippen molar-refractivity contribution in [3.63, 3.8) is 0 Å². The summed E-state index contributed by atoms with van der Waals surface area (Å²) in [4.78, 5) is 12.9. The van der Waals surface area contributed by atoms with Crippen molar-refractivity contribution in [3.05, 3.63) is 58.9 Å². The Hall–Kier alpha value is -1.61. The second kappa shape index (κ2) is 5.17. The van der Waals surface area contributed by atoms with Crippen LogP contribution in [0.15, 0.2) is 46.2 Å². The summed E-state index contributed by atoms with van der Waals surface area (Å²) in [5, 5.41) is 0. The Morgan fingerprint density at radius 2 is 1.89 bits per heavy atom. The lowest BCUT2D eigenvalue weighted by Gasteiger charge is -2.07. The third-order valence-corrected chi connectivity index (χ3v) is 4.48. The highest BCUT2D eigenvalue weighted by atomic mass is 32.2. The van der Waals surface area contributed by atoms with Crippen molar-refractivity contribution in [1.82, 2.24) is 0 Å². The van der Waals surface area contributed by atoms with Crippen molar-refractivity contribution in [2.75, 3.05) is 0 Å². The van der Waals surface area contributed by atoms with Gasteiger partial charge in [-0.05, 0) is 60.7 Å². The average Bonchev–Trinajstić information content (AvgIpc) is 2.88. The first-order chi connectivity index (χ1) is 9.26. The van der Waals surface area contributed by atoms with Gasteiger partial charge in [0.2, 0.25) is 0 Å². The van der Waals surface area contributed by atoms with E-state index in [0.717, 1.165) is 22.6 Å². The van der Waals surface area contributed by atoms with Gasteiger partial charge in [-0.1, -0.05) is 17.8 Å². The molecule has 0 aromatic heterocycles. The van der Waals surface area contributed by atoms with E-state index in [2.05, 4.69) is 18.2 Å². The van der Waals surface area contributed by atoms with Crippen LogP contribution in [0.25, 0.3) is 0 Å². The minimum atomic E-state index is -0.375. The standard InChI is InChI=1S/C16H13FOS/c17-14-5-7-16(13(8-14)10-18)19-15-6-4-11-2-1-3-12(11)9-15/h4-10H,1-3H2. The highest BCUT2D eigenvalue weighted by molar-refractivity contribution is 7.99. The van der Waals surface area contributed by atoms with Crippen molar-refractivity contribution in [2.24, 2.45) is 0 Å². The lowest BCUT2D eigenvalue weighted by Crippen LogP contribution is -1.88.